The zero-order chi connectivity index (χ0) is 19.0. The standard InChI is InChI=1S/C17H13N5O3S2/c1-10-2-3-12-13(6-10)27-17(18-12)19-16(23)14-7-11(9-26-14)8-21-5-4-15(20-21)22(24)25/h2-7,9H,8H2,1H3,(H,18,19,23). The quantitative estimate of drug-likeness (QED) is 0.402. The topological polar surface area (TPSA) is 103 Å². The molecule has 136 valence electrons. The van der Waals surface area contributed by atoms with Crippen LogP contribution in [0.3, 0.4) is 0 Å². The van der Waals surface area contributed by atoms with E-state index in [0.717, 1.165) is 21.3 Å². The molecule has 0 aliphatic carbocycles. The van der Waals surface area contributed by atoms with Gasteiger partial charge in [0.1, 0.15) is 0 Å². The van der Waals surface area contributed by atoms with Gasteiger partial charge in [-0.05, 0) is 46.6 Å². The highest BCUT2D eigenvalue weighted by Gasteiger charge is 2.15. The number of rotatable bonds is 5. The molecule has 0 bridgehead atoms. The summed E-state index contributed by atoms with van der Waals surface area (Å²) >= 11 is 2.74. The summed E-state index contributed by atoms with van der Waals surface area (Å²) in [5.41, 5.74) is 2.85. The van der Waals surface area contributed by atoms with E-state index in [2.05, 4.69) is 15.4 Å². The molecular weight excluding hydrogens is 386 g/mol. The predicted octanol–water partition coefficient (Wildman–Crippen LogP) is 4.07. The highest BCUT2D eigenvalue weighted by molar-refractivity contribution is 7.22. The third kappa shape index (κ3) is 3.71. The number of nitrogens with one attached hydrogen (secondary N) is 1. The van der Waals surface area contributed by atoms with Crippen molar-refractivity contribution in [3.05, 3.63) is 68.0 Å². The maximum Gasteiger partial charge on any atom is 0.389 e. The van der Waals surface area contributed by atoms with Gasteiger partial charge in [-0.25, -0.2) is 4.98 Å². The zero-order valence-corrected chi connectivity index (χ0v) is 15.7. The Kier molecular flexibility index (Phi) is 4.42. The van der Waals surface area contributed by atoms with Gasteiger partial charge in [-0.2, -0.15) is 4.68 Å². The molecular formula is C17H13N5O3S2. The van der Waals surface area contributed by atoms with Crippen LogP contribution in [0.15, 0.2) is 41.9 Å². The van der Waals surface area contributed by atoms with Crippen LogP contribution in [0, 0.1) is 17.0 Å². The fraction of sp³-hybridized carbons (Fsp3) is 0.118. The van der Waals surface area contributed by atoms with Crippen molar-refractivity contribution in [3.63, 3.8) is 0 Å². The summed E-state index contributed by atoms with van der Waals surface area (Å²) in [6.07, 6.45) is 1.54. The molecule has 0 fully saturated rings. The molecule has 0 aliphatic rings. The maximum atomic E-state index is 12.5. The summed E-state index contributed by atoms with van der Waals surface area (Å²) in [5, 5.41) is 19.8. The smallest absolute Gasteiger partial charge is 0.358 e. The minimum Gasteiger partial charge on any atom is -0.358 e. The molecule has 4 rings (SSSR count). The SMILES string of the molecule is Cc1ccc2nc(NC(=O)c3cc(Cn4ccc([N+](=O)[O-])n4)cs3)sc2c1. The normalized spacial score (nSPS) is 11.0. The van der Waals surface area contributed by atoms with E-state index in [1.165, 1.54) is 33.4 Å². The van der Waals surface area contributed by atoms with E-state index in [1.54, 1.807) is 12.3 Å². The molecule has 10 heteroatoms. The molecule has 0 unspecified atom stereocenters. The van der Waals surface area contributed by atoms with Crippen molar-refractivity contribution in [2.24, 2.45) is 0 Å². The van der Waals surface area contributed by atoms with Gasteiger partial charge in [-0.1, -0.05) is 17.4 Å². The lowest BCUT2D eigenvalue weighted by Crippen LogP contribution is -2.09. The Morgan fingerprint density at radius 2 is 2.19 bits per heavy atom. The van der Waals surface area contributed by atoms with Gasteiger partial charge < -0.3 is 10.1 Å². The van der Waals surface area contributed by atoms with Gasteiger partial charge in [0.25, 0.3) is 5.91 Å². The van der Waals surface area contributed by atoms with Crippen LogP contribution >= 0.6 is 22.7 Å². The summed E-state index contributed by atoms with van der Waals surface area (Å²) in [7, 11) is 0. The molecule has 4 aromatic rings. The Hall–Kier alpha value is -3.11. The molecule has 0 saturated heterocycles. The average Bonchev–Trinajstić information content (AvgIpc) is 3.34. The fourth-order valence-corrected chi connectivity index (χ4v) is 4.30. The van der Waals surface area contributed by atoms with E-state index >= 15 is 0 Å². The van der Waals surface area contributed by atoms with Crippen LogP contribution in [0.1, 0.15) is 20.8 Å². The number of benzene rings is 1. The molecule has 1 aromatic carbocycles. The summed E-state index contributed by atoms with van der Waals surface area (Å²) in [6, 6.07) is 9.05. The number of anilines is 1. The van der Waals surface area contributed by atoms with Gasteiger partial charge in [0.15, 0.2) is 5.13 Å². The Balaban J connectivity index is 1.46. The number of nitrogens with zero attached hydrogens (tertiary/aromatic N) is 4. The molecule has 1 N–H and O–H groups in total. The first-order valence-electron chi connectivity index (χ1n) is 7.92. The van der Waals surface area contributed by atoms with E-state index in [1.807, 2.05) is 30.5 Å². The summed E-state index contributed by atoms with van der Waals surface area (Å²) in [5.74, 6) is -0.428. The largest absolute Gasteiger partial charge is 0.389 e. The third-order valence-electron chi connectivity index (χ3n) is 3.80. The number of aryl methyl sites for hydroxylation is 1. The van der Waals surface area contributed by atoms with Gasteiger partial charge in [-0.15, -0.1) is 11.3 Å². The Morgan fingerprint density at radius 1 is 1.33 bits per heavy atom. The van der Waals surface area contributed by atoms with Crippen LogP contribution in [-0.4, -0.2) is 25.6 Å². The van der Waals surface area contributed by atoms with E-state index in [9.17, 15) is 14.9 Å². The van der Waals surface area contributed by atoms with Gasteiger partial charge in [0.2, 0.25) is 0 Å². The molecule has 3 aromatic heterocycles. The van der Waals surface area contributed by atoms with Crippen molar-refractivity contribution >= 4 is 49.7 Å². The van der Waals surface area contributed by atoms with Gasteiger partial charge >= 0.3 is 5.82 Å². The Bertz CT molecular complexity index is 1160. The predicted molar refractivity (Wildman–Crippen MR) is 105 cm³/mol. The number of fused-ring (bicyclic) bond motifs is 1. The second-order valence-corrected chi connectivity index (χ2v) is 7.83. The van der Waals surface area contributed by atoms with Crippen LogP contribution in [0.25, 0.3) is 10.2 Å². The number of nitro groups is 1. The number of carbonyl (C=O) groups excluding carboxylic acids is 1. The number of hydrogen-bond donors (Lipinski definition) is 1. The van der Waals surface area contributed by atoms with Crippen LogP contribution < -0.4 is 5.32 Å². The number of aromatic nitrogens is 3. The molecule has 0 atom stereocenters. The van der Waals surface area contributed by atoms with Crippen LogP contribution in [0.4, 0.5) is 10.9 Å². The Morgan fingerprint density at radius 3 is 2.96 bits per heavy atom. The van der Waals surface area contributed by atoms with E-state index in [4.69, 9.17) is 0 Å². The molecule has 3 heterocycles. The summed E-state index contributed by atoms with van der Waals surface area (Å²) < 4.78 is 2.50. The second kappa shape index (κ2) is 6.89. The molecule has 0 aliphatic heterocycles. The van der Waals surface area contributed by atoms with E-state index < -0.39 is 4.92 Å². The van der Waals surface area contributed by atoms with Crippen LogP contribution in [0.5, 0.6) is 0 Å². The first-order chi connectivity index (χ1) is 13.0. The number of thiazole rings is 1. The molecule has 0 radical (unpaired) electrons. The number of thiophene rings is 1. The first-order valence-corrected chi connectivity index (χ1v) is 9.61. The lowest BCUT2D eigenvalue weighted by Gasteiger charge is -1.97. The van der Waals surface area contributed by atoms with Crippen LogP contribution in [0.2, 0.25) is 0 Å². The zero-order valence-electron chi connectivity index (χ0n) is 14.1. The molecule has 27 heavy (non-hydrogen) atoms. The fourth-order valence-electron chi connectivity index (χ4n) is 2.55. The molecule has 1 amide bonds. The van der Waals surface area contributed by atoms with Crippen LogP contribution in [-0.2, 0) is 6.54 Å². The average molecular weight is 399 g/mol. The first kappa shape index (κ1) is 17.3. The highest BCUT2D eigenvalue weighted by atomic mass is 32.1. The number of carbonyl (C=O) groups is 1. The highest BCUT2D eigenvalue weighted by Crippen LogP contribution is 2.27. The Labute approximate surface area is 161 Å². The number of amides is 1. The van der Waals surface area contributed by atoms with E-state index in [0.29, 0.717) is 16.6 Å². The molecule has 0 saturated carbocycles. The maximum absolute atomic E-state index is 12.5. The monoisotopic (exact) mass is 399 g/mol. The van der Waals surface area contributed by atoms with Crippen molar-refractivity contribution in [1.29, 1.82) is 0 Å². The molecule has 0 spiro atoms. The molecule has 8 nitrogen and oxygen atoms in total. The summed E-state index contributed by atoms with van der Waals surface area (Å²) in [4.78, 5) is 27.6. The van der Waals surface area contributed by atoms with Crippen molar-refractivity contribution < 1.29 is 9.72 Å². The lowest BCUT2D eigenvalue weighted by molar-refractivity contribution is -0.389. The van der Waals surface area contributed by atoms with Gasteiger partial charge in [0, 0.05) is 0 Å². The minimum absolute atomic E-state index is 0.200. The minimum atomic E-state index is -0.539. The lowest BCUT2D eigenvalue weighted by atomic mass is 10.2. The summed E-state index contributed by atoms with van der Waals surface area (Å²) in [6.45, 7) is 2.37. The number of hydrogen-bond acceptors (Lipinski definition) is 7. The second-order valence-electron chi connectivity index (χ2n) is 5.89. The van der Waals surface area contributed by atoms with Crippen molar-refractivity contribution in [3.8, 4) is 0 Å². The van der Waals surface area contributed by atoms with Gasteiger partial charge in [-0.3, -0.25) is 10.1 Å². The van der Waals surface area contributed by atoms with E-state index in [-0.39, 0.29) is 11.7 Å². The van der Waals surface area contributed by atoms with Crippen molar-refractivity contribution in [1.82, 2.24) is 14.8 Å². The third-order valence-corrected chi connectivity index (χ3v) is 5.71. The van der Waals surface area contributed by atoms with Crippen molar-refractivity contribution in [2.45, 2.75) is 13.5 Å². The van der Waals surface area contributed by atoms with Crippen molar-refractivity contribution in [2.75, 3.05) is 5.32 Å². The van der Waals surface area contributed by atoms with Gasteiger partial charge in [0.05, 0.1) is 39.0 Å².